The first-order valence-corrected chi connectivity index (χ1v) is 11.9. The number of nitrogens with zero attached hydrogens (tertiary/aromatic N) is 4. The number of fused-ring (bicyclic) bond motifs is 1. The van der Waals surface area contributed by atoms with Crippen LogP contribution in [0.1, 0.15) is 37.1 Å². The van der Waals surface area contributed by atoms with Gasteiger partial charge >= 0.3 is 0 Å². The van der Waals surface area contributed by atoms with Crippen LogP contribution in [-0.4, -0.2) is 54.9 Å². The number of aromatic nitrogens is 4. The molecule has 176 valence electrons. The van der Waals surface area contributed by atoms with Crippen molar-refractivity contribution in [1.82, 2.24) is 19.9 Å². The molecule has 3 aromatic rings. The van der Waals surface area contributed by atoms with Crippen LogP contribution in [0.5, 0.6) is 0 Å². The van der Waals surface area contributed by atoms with E-state index in [9.17, 15) is 19.0 Å². The molecule has 0 amide bonds. The fourth-order valence-corrected chi connectivity index (χ4v) is 5.41. The zero-order chi connectivity index (χ0) is 23.3. The molecular formula is C22H26F2N6O2S. The van der Waals surface area contributed by atoms with Gasteiger partial charge in [0, 0.05) is 12.7 Å². The Labute approximate surface area is 193 Å². The summed E-state index contributed by atoms with van der Waals surface area (Å²) in [5.41, 5.74) is 0.802. The van der Waals surface area contributed by atoms with Gasteiger partial charge in [-0.3, -0.25) is 4.98 Å². The van der Waals surface area contributed by atoms with Crippen molar-refractivity contribution in [3.63, 3.8) is 0 Å². The fraction of sp³-hybridized carbons (Fsp3) is 0.545. The highest BCUT2D eigenvalue weighted by Gasteiger charge is 2.50. The molecule has 2 saturated carbocycles. The molecule has 4 N–H and O–H groups in total. The molecule has 11 heteroatoms. The number of halogens is 2. The molecule has 0 radical (unpaired) electrons. The number of hydrogen-bond donors (Lipinski definition) is 4. The maximum Gasteiger partial charge on any atom is 0.244 e. The number of aliphatic hydroxyl groups is 2. The third kappa shape index (κ3) is 4.24. The summed E-state index contributed by atoms with van der Waals surface area (Å²) in [6, 6.07) is 1.87. The number of aliphatic hydroxyl groups excluding tert-OH is 1. The van der Waals surface area contributed by atoms with Crippen molar-refractivity contribution in [3.05, 3.63) is 23.7 Å². The van der Waals surface area contributed by atoms with Gasteiger partial charge in [0.05, 0.1) is 27.6 Å². The van der Waals surface area contributed by atoms with Crippen LogP contribution < -0.4 is 10.6 Å². The summed E-state index contributed by atoms with van der Waals surface area (Å²) in [4.78, 5) is 18.2. The minimum absolute atomic E-state index is 0.000517. The third-order valence-electron chi connectivity index (χ3n) is 6.45. The van der Waals surface area contributed by atoms with Gasteiger partial charge in [-0.25, -0.2) is 18.7 Å². The second-order valence-electron chi connectivity index (χ2n) is 8.97. The average Bonchev–Trinajstić information content (AvgIpc) is 3.41. The molecule has 0 aliphatic heterocycles. The van der Waals surface area contributed by atoms with Crippen LogP contribution in [0.2, 0.25) is 0 Å². The van der Waals surface area contributed by atoms with E-state index in [0.717, 1.165) is 35.3 Å². The number of rotatable bonds is 7. The van der Waals surface area contributed by atoms with Crippen molar-refractivity contribution in [2.45, 2.75) is 57.8 Å². The van der Waals surface area contributed by atoms with Gasteiger partial charge in [-0.2, -0.15) is 4.98 Å². The SMILES string of the molecule is Cc1nc(NCC2CC2)nc(N[C@@]2(O)CC[C@H](C(F)F)[C@H]2O)c1-c1nc2c(C)nccc2s1. The summed E-state index contributed by atoms with van der Waals surface area (Å²) in [5, 5.41) is 28.3. The molecule has 2 fully saturated rings. The molecule has 33 heavy (non-hydrogen) atoms. The van der Waals surface area contributed by atoms with Gasteiger partial charge in [0.25, 0.3) is 0 Å². The predicted molar refractivity (Wildman–Crippen MR) is 122 cm³/mol. The van der Waals surface area contributed by atoms with Crippen LogP contribution in [0.4, 0.5) is 20.5 Å². The Morgan fingerprint density at radius 3 is 2.64 bits per heavy atom. The van der Waals surface area contributed by atoms with E-state index in [0.29, 0.717) is 28.1 Å². The Kier molecular flexibility index (Phi) is 5.66. The first-order valence-electron chi connectivity index (χ1n) is 11.1. The quantitative estimate of drug-likeness (QED) is 0.381. The Morgan fingerprint density at radius 2 is 1.97 bits per heavy atom. The number of pyridine rings is 1. The summed E-state index contributed by atoms with van der Waals surface area (Å²) in [6.45, 7) is 4.44. The van der Waals surface area contributed by atoms with Crippen molar-refractivity contribution >= 4 is 33.3 Å². The van der Waals surface area contributed by atoms with Crippen LogP contribution >= 0.6 is 11.3 Å². The summed E-state index contributed by atoms with van der Waals surface area (Å²) in [5.74, 6) is -0.0806. The Balaban J connectivity index is 1.56. The summed E-state index contributed by atoms with van der Waals surface area (Å²) in [7, 11) is 0. The van der Waals surface area contributed by atoms with Crippen LogP contribution in [-0.2, 0) is 0 Å². The Morgan fingerprint density at radius 1 is 1.18 bits per heavy atom. The third-order valence-corrected chi connectivity index (χ3v) is 7.49. The van der Waals surface area contributed by atoms with Gasteiger partial charge in [0.2, 0.25) is 12.4 Å². The topological polar surface area (TPSA) is 116 Å². The van der Waals surface area contributed by atoms with Gasteiger partial charge in [-0.05, 0) is 51.5 Å². The molecule has 3 heterocycles. The van der Waals surface area contributed by atoms with E-state index in [-0.39, 0.29) is 18.7 Å². The average molecular weight is 477 g/mol. The van der Waals surface area contributed by atoms with E-state index in [1.165, 1.54) is 11.3 Å². The fourth-order valence-electron chi connectivity index (χ4n) is 4.30. The van der Waals surface area contributed by atoms with Crippen molar-refractivity contribution in [2.24, 2.45) is 11.8 Å². The van der Waals surface area contributed by atoms with Gasteiger partial charge in [-0.15, -0.1) is 11.3 Å². The minimum Gasteiger partial charge on any atom is -0.388 e. The highest BCUT2D eigenvalue weighted by Crippen LogP contribution is 2.42. The van der Waals surface area contributed by atoms with Crippen LogP contribution in [0, 0.1) is 25.7 Å². The first kappa shape index (κ1) is 22.3. The van der Waals surface area contributed by atoms with Gasteiger partial charge in [-0.1, -0.05) is 0 Å². The van der Waals surface area contributed by atoms with Crippen LogP contribution in [0.15, 0.2) is 12.3 Å². The maximum atomic E-state index is 13.3. The Bertz CT molecular complexity index is 1190. The number of hydrogen-bond acceptors (Lipinski definition) is 9. The maximum absolute atomic E-state index is 13.3. The lowest BCUT2D eigenvalue weighted by Crippen LogP contribution is -2.48. The normalized spacial score (nSPS) is 25.2. The first-order chi connectivity index (χ1) is 15.7. The lowest BCUT2D eigenvalue weighted by Gasteiger charge is -2.31. The Hall–Kier alpha value is -2.50. The van der Waals surface area contributed by atoms with Gasteiger partial charge in [0.15, 0.2) is 5.72 Å². The van der Waals surface area contributed by atoms with Crippen LogP contribution in [0.3, 0.4) is 0 Å². The van der Waals surface area contributed by atoms with Crippen LogP contribution in [0.25, 0.3) is 20.8 Å². The summed E-state index contributed by atoms with van der Waals surface area (Å²) in [6.07, 6.45) is -0.345. The second-order valence-corrected chi connectivity index (χ2v) is 10.0. The lowest BCUT2D eigenvalue weighted by molar-refractivity contribution is -0.0763. The molecule has 0 bridgehead atoms. The summed E-state index contributed by atoms with van der Waals surface area (Å²) >= 11 is 1.43. The van der Waals surface area contributed by atoms with E-state index in [1.807, 2.05) is 19.9 Å². The molecule has 8 nitrogen and oxygen atoms in total. The number of thiazole rings is 1. The lowest BCUT2D eigenvalue weighted by atomic mass is 10.0. The van der Waals surface area contributed by atoms with Crippen molar-refractivity contribution < 1.29 is 19.0 Å². The van der Waals surface area contributed by atoms with Crippen molar-refractivity contribution in [2.75, 3.05) is 17.2 Å². The predicted octanol–water partition coefficient (Wildman–Crippen LogP) is 3.72. The second kappa shape index (κ2) is 8.37. The highest BCUT2D eigenvalue weighted by molar-refractivity contribution is 7.21. The van der Waals surface area contributed by atoms with E-state index in [2.05, 4.69) is 25.6 Å². The molecule has 3 aromatic heterocycles. The van der Waals surface area contributed by atoms with Gasteiger partial charge in [0.1, 0.15) is 22.4 Å². The number of nitrogens with one attached hydrogen (secondary N) is 2. The minimum atomic E-state index is -2.72. The molecule has 0 aromatic carbocycles. The van der Waals surface area contributed by atoms with E-state index in [1.54, 1.807) is 6.20 Å². The van der Waals surface area contributed by atoms with E-state index >= 15 is 0 Å². The highest BCUT2D eigenvalue weighted by atomic mass is 32.1. The largest absolute Gasteiger partial charge is 0.388 e. The van der Waals surface area contributed by atoms with E-state index in [4.69, 9.17) is 4.98 Å². The van der Waals surface area contributed by atoms with Gasteiger partial charge < -0.3 is 20.8 Å². The standard InChI is InChI=1S/C22H26F2N6O2S/c1-10-15(20-28-16-11(2)25-8-6-14(16)33-20)19(29-21(27-10)26-9-12-3-4-12)30-22(32)7-5-13(17(22)31)18(23)24/h6,8,12-13,17-18,31-32H,3-5,7,9H2,1-2H3,(H2,26,27,29,30)/t13-,17+,22+/m0/s1. The summed E-state index contributed by atoms with van der Waals surface area (Å²) < 4.78 is 27.6. The monoisotopic (exact) mass is 476 g/mol. The van der Waals surface area contributed by atoms with Crippen molar-refractivity contribution in [3.8, 4) is 10.6 Å². The molecule has 2 aliphatic carbocycles. The molecule has 0 saturated heterocycles. The molecule has 0 unspecified atom stereocenters. The number of alkyl halides is 2. The molecule has 0 spiro atoms. The van der Waals surface area contributed by atoms with E-state index < -0.39 is 24.2 Å². The molecule has 3 atom stereocenters. The number of anilines is 2. The zero-order valence-electron chi connectivity index (χ0n) is 18.3. The molecule has 5 rings (SSSR count). The molecular weight excluding hydrogens is 450 g/mol. The zero-order valence-corrected chi connectivity index (χ0v) is 19.2. The smallest absolute Gasteiger partial charge is 0.244 e. The number of aryl methyl sites for hydroxylation is 2. The van der Waals surface area contributed by atoms with Crippen molar-refractivity contribution in [1.29, 1.82) is 0 Å². The molecule has 2 aliphatic rings.